The Morgan fingerprint density at radius 3 is 2.77 bits per heavy atom. The first-order chi connectivity index (χ1) is 6.03. The highest BCUT2D eigenvalue weighted by Crippen LogP contribution is 2.13. The van der Waals surface area contributed by atoms with E-state index in [-0.39, 0.29) is 6.04 Å². The van der Waals surface area contributed by atoms with Crippen molar-refractivity contribution in [1.82, 2.24) is 5.32 Å². The first-order valence-electron chi connectivity index (χ1n) is 4.93. The minimum absolute atomic E-state index is 0.265. The second kappa shape index (κ2) is 4.42. The number of nitrogens with zero attached hydrogens (tertiary/aromatic N) is 1. The summed E-state index contributed by atoms with van der Waals surface area (Å²) in [5.41, 5.74) is 0. The second-order valence-electron chi connectivity index (χ2n) is 4.01. The summed E-state index contributed by atoms with van der Waals surface area (Å²) in [6.07, 6.45) is 2.84. The van der Waals surface area contributed by atoms with Gasteiger partial charge in [0.05, 0.1) is 6.04 Å². The van der Waals surface area contributed by atoms with Gasteiger partial charge in [0.2, 0.25) is 0 Å². The van der Waals surface area contributed by atoms with E-state index in [0.29, 0.717) is 11.7 Å². The van der Waals surface area contributed by atoms with Crippen LogP contribution in [0, 0.1) is 5.92 Å². The summed E-state index contributed by atoms with van der Waals surface area (Å²) in [5, 5.41) is 3.31. The zero-order chi connectivity index (χ0) is 9.90. The Kier molecular flexibility index (Phi) is 3.74. The number of hydrogen-bond donors (Lipinski definition) is 1. The van der Waals surface area contributed by atoms with E-state index in [0.717, 1.165) is 19.5 Å². The van der Waals surface area contributed by atoms with E-state index in [1.165, 1.54) is 0 Å². The van der Waals surface area contributed by atoms with Gasteiger partial charge < -0.3 is 5.32 Å². The summed E-state index contributed by atoms with van der Waals surface area (Å²) in [7, 11) is -1.91. The van der Waals surface area contributed by atoms with Crippen LogP contribution in [0.4, 0.5) is 0 Å². The Balaban J connectivity index is 2.63. The van der Waals surface area contributed by atoms with Gasteiger partial charge in [-0.05, 0) is 18.9 Å². The van der Waals surface area contributed by atoms with Gasteiger partial charge in [0, 0.05) is 28.3 Å². The summed E-state index contributed by atoms with van der Waals surface area (Å²) in [6, 6.07) is 0.265. The van der Waals surface area contributed by atoms with Gasteiger partial charge in [-0.15, -0.1) is 0 Å². The van der Waals surface area contributed by atoms with Crippen LogP contribution in [-0.2, 0) is 9.73 Å². The van der Waals surface area contributed by atoms with Crippen molar-refractivity contribution in [1.29, 1.82) is 0 Å². The predicted octanol–water partition coefficient (Wildman–Crippen LogP) is 1.10. The molecule has 0 spiro atoms. The van der Waals surface area contributed by atoms with E-state index in [2.05, 4.69) is 16.6 Å². The van der Waals surface area contributed by atoms with Gasteiger partial charge in [0.1, 0.15) is 0 Å². The predicted molar refractivity (Wildman–Crippen MR) is 57.5 cm³/mol. The smallest absolute Gasteiger partial charge is 0.0721 e. The van der Waals surface area contributed by atoms with Crippen molar-refractivity contribution in [2.45, 2.75) is 26.3 Å². The molecule has 0 aromatic carbocycles. The number of piperidine rings is 1. The van der Waals surface area contributed by atoms with Gasteiger partial charge in [-0.25, -0.2) is 4.36 Å². The van der Waals surface area contributed by atoms with Crippen LogP contribution < -0.4 is 5.32 Å². The third kappa shape index (κ3) is 3.65. The molecule has 3 unspecified atom stereocenters. The fourth-order valence-electron chi connectivity index (χ4n) is 1.60. The van der Waals surface area contributed by atoms with E-state index in [1.54, 1.807) is 6.26 Å². The molecule has 0 aliphatic carbocycles. The van der Waals surface area contributed by atoms with Crippen molar-refractivity contribution >= 4 is 9.73 Å². The van der Waals surface area contributed by atoms with Crippen molar-refractivity contribution in [3.8, 4) is 0 Å². The average molecular weight is 204 g/mol. The van der Waals surface area contributed by atoms with Crippen molar-refractivity contribution < 1.29 is 4.21 Å². The molecule has 1 rings (SSSR count). The van der Waals surface area contributed by atoms with Gasteiger partial charge in [-0.2, -0.15) is 0 Å². The Labute approximate surface area is 81.5 Å². The average Bonchev–Trinajstić information content (AvgIpc) is 2.03. The highest BCUT2D eigenvalue weighted by Gasteiger charge is 2.18. The molecule has 1 N–H and O–H groups in total. The molecule has 3 atom stereocenters. The zero-order valence-corrected chi connectivity index (χ0v) is 9.56. The van der Waals surface area contributed by atoms with E-state index >= 15 is 0 Å². The van der Waals surface area contributed by atoms with Gasteiger partial charge in [-0.1, -0.05) is 13.8 Å². The Morgan fingerprint density at radius 1 is 1.54 bits per heavy atom. The molecule has 78 valence electrons. The van der Waals surface area contributed by atoms with Gasteiger partial charge in [-0.3, -0.25) is 4.21 Å². The standard InChI is InChI=1S/C9H20N2OS/c1-4-13(3,12)11-9-5-8(2)6-10-7-9/h8-10H,4-7H2,1-3H3. The lowest BCUT2D eigenvalue weighted by atomic mass is 9.99. The summed E-state index contributed by atoms with van der Waals surface area (Å²) in [6.45, 7) is 6.11. The van der Waals surface area contributed by atoms with E-state index < -0.39 is 9.73 Å². The fraction of sp³-hybridized carbons (Fsp3) is 1.00. The minimum atomic E-state index is -1.91. The maximum atomic E-state index is 11.7. The molecule has 1 aliphatic rings. The number of hydrogen-bond acceptors (Lipinski definition) is 3. The Hall–Kier alpha value is -0.0900. The van der Waals surface area contributed by atoms with Crippen LogP contribution in [-0.4, -0.2) is 35.3 Å². The first kappa shape index (κ1) is 11.0. The molecular weight excluding hydrogens is 184 g/mol. The van der Waals surface area contributed by atoms with Crippen LogP contribution in [0.3, 0.4) is 0 Å². The van der Waals surface area contributed by atoms with Gasteiger partial charge in [0.15, 0.2) is 0 Å². The SMILES string of the molecule is CCS(C)(=O)=NC1CNCC(C)C1. The summed E-state index contributed by atoms with van der Waals surface area (Å²) < 4.78 is 16.1. The van der Waals surface area contributed by atoms with Crippen molar-refractivity contribution in [3.05, 3.63) is 0 Å². The second-order valence-corrected chi connectivity index (χ2v) is 6.71. The van der Waals surface area contributed by atoms with Gasteiger partial charge in [0.25, 0.3) is 0 Å². The molecule has 1 aliphatic heterocycles. The van der Waals surface area contributed by atoms with Gasteiger partial charge >= 0.3 is 0 Å². The highest BCUT2D eigenvalue weighted by atomic mass is 32.2. The fourth-order valence-corrected chi connectivity index (χ4v) is 2.54. The van der Waals surface area contributed by atoms with Crippen molar-refractivity contribution in [2.24, 2.45) is 10.3 Å². The minimum Gasteiger partial charge on any atom is -0.314 e. The molecule has 3 nitrogen and oxygen atoms in total. The number of nitrogens with one attached hydrogen (secondary N) is 1. The molecule has 1 heterocycles. The molecule has 0 aromatic heterocycles. The first-order valence-corrected chi connectivity index (χ1v) is 7.02. The summed E-state index contributed by atoms with van der Waals surface area (Å²) >= 11 is 0. The lowest BCUT2D eigenvalue weighted by Gasteiger charge is -2.25. The molecule has 0 bridgehead atoms. The molecule has 0 radical (unpaired) electrons. The quantitative estimate of drug-likeness (QED) is 0.732. The molecular formula is C9H20N2OS. The van der Waals surface area contributed by atoms with Crippen LogP contribution in [0.2, 0.25) is 0 Å². The van der Waals surface area contributed by atoms with Crippen LogP contribution in [0.1, 0.15) is 20.3 Å². The molecule has 1 fully saturated rings. The maximum Gasteiger partial charge on any atom is 0.0721 e. The monoisotopic (exact) mass is 204 g/mol. The largest absolute Gasteiger partial charge is 0.314 e. The summed E-state index contributed by atoms with van der Waals surface area (Å²) in [5.74, 6) is 1.33. The lowest BCUT2D eigenvalue weighted by molar-refractivity contribution is 0.366. The molecule has 0 saturated carbocycles. The lowest BCUT2D eigenvalue weighted by Crippen LogP contribution is -2.37. The zero-order valence-electron chi connectivity index (χ0n) is 8.75. The van der Waals surface area contributed by atoms with E-state index in [4.69, 9.17) is 0 Å². The maximum absolute atomic E-state index is 11.7. The molecule has 13 heavy (non-hydrogen) atoms. The van der Waals surface area contributed by atoms with E-state index in [1.807, 2.05) is 6.92 Å². The van der Waals surface area contributed by atoms with Crippen LogP contribution in [0.5, 0.6) is 0 Å². The molecule has 4 heteroatoms. The third-order valence-corrected chi connectivity index (χ3v) is 4.27. The van der Waals surface area contributed by atoms with Crippen LogP contribution in [0.15, 0.2) is 4.36 Å². The highest BCUT2D eigenvalue weighted by molar-refractivity contribution is 7.92. The van der Waals surface area contributed by atoms with Crippen molar-refractivity contribution in [2.75, 3.05) is 25.1 Å². The Bertz CT molecular complexity index is 269. The van der Waals surface area contributed by atoms with E-state index in [9.17, 15) is 4.21 Å². The third-order valence-electron chi connectivity index (χ3n) is 2.45. The number of rotatable bonds is 2. The Morgan fingerprint density at radius 2 is 2.23 bits per heavy atom. The molecule has 0 amide bonds. The molecule has 1 saturated heterocycles. The topological polar surface area (TPSA) is 41.5 Å². The van der Waals surface area contributed by atoms with Crippen molar-refractivity contribution in [3.63, 3.8) is 0 Å². The van der Waals surface area contributed by atoms with Crippen LogP contribution in [0.25, 0.3) is 0 Å². The normalized spacial score (nSPS) is 33.8. The summed E-state index contributed by atoms with van der Waals surface area (Å²) in [4.78, 5) is 0. The van der Waals surface area contributed by atoms with Crippen LogP contribution >= 0.6 is 0 Å². The molecule has 0 aromatic rings.